The number of pyridine rings is 1. The second-order valence-electron chi connectivity index (χ2n) is 6.06. The average Bonchev–Trinajstić information content (AvgIpc) is 2.60. The Morgan fingerprint density at radius 3 is 2.36 bits per heavy atom. The second-order valence-corrected chi connectivity index (χ2v) is 6.44. The summed E-state index contributed by atoms with van der Waals surface area (Å²) in [6, 6.07) is 6.11. The van der Waals surface area contributed by atoms with E-state index >= 15 is 0 Å². The first-order valence-electron chi connectivity index (χ1n) is 8.63. The third-order valence-electron chi connectivity index (χ3n) is 4.48. The molecule has 2 aromatic rings. The van der Waals surface area contributed by atoms with E-state index in [2.05, 4.69) is 30.7 Å². The molecule has 0 bridgehead atoms. The molecule has 1 heterocycles. The number of carbonyl (C=O) groups is 1. The SMILES string of the molecule is C=CCc1nc(C)c(C)c(Cl)c1C(=O)Nc1c(CC)cccc1CC. The summed E-state index contributed by atoms with van der Waals surface area (Å²) in [7, 11) is 0. The maximum absolute atomic E-state index is 13.1. The van der Waals surface area contributed by atoms with Gasteiger partial charge >= 0.3 is 0 Å². The molecular weight excluding hydrogens is 332 g/mol. The highest BCUT2D eigenvalue weighted by Crippen LogP contribution is 2.29. The van der Waals surface area contributed by atoms with Crippen LogP contribution in [0.4, 0.5) is 5.69 Å². The van der Waals surface area contributed by atoms with Crippen molar-refractivity contribution in [3.63, 3.8) is 0 Å². The molecule has 132 valence electrons. The van der Waals surface area contributed by atoms with Crippen molar-refractivity contribution < 1.29 is 4.79 Å². The summed E-state index contributed by atoms with van der Waals surface area (Å²) in [6.07, 6.45) is 3.94. The number of para-hydroxylation sites is 1. The Hall–Kier alpha value is -2.13. The van der Waals surface area contributed by atoms with Gasteiger partial charge in [-0.2, -0.15) is 0 Å². The summed E-state index contributed by atoms with van der Waals surface area (Å²) in [4.78, 5) is 17.6. The highest BCUT2D eigenvalue weighted by molar-refractivity contribution is 6.35. The molecule has 0 saturated carbocycles. The number of benzene rings is 1. The van der Waals surface area contributed by atoms with Gasteiger partial charge in [0.05, 0.1) is 16.3 Å². The Kier molecular flexibility index (Phi) is 6.38. The van der Waals surface area contributed by atoms with Crippen LogP contribution < -0.4 is 5.32 Å². The van der Waals surface area contributed by atoms with Gasteiger partial charge in [-0.1, -0.05) is 49.7 Å². The van der Waals surface area contributed by atoms with E-state index in [0.29, 0.717) is 22.7 Å². The molecule has 2 rings (SSSR count). The molecule has 0 saturated heterocycles. The molecule has 1 aromatic heterocycles. The van der Waals surface area contributed by atoms with E-state index in [0.717, 1.165) is 40.9 Å². The Morgan fingerprint density at radius 1 is 1.24 bits per heavy atom. The van der Waals surface area contributed by atoms with E-state index in [1.807, 2.05) is 32.0 Å². The summed E-state index contributed by atoms with van der Waals surface area (Å²) in [5.74, 6) is -0.215. The zero-order chi connectivity index (χ0) is 18.6. The third kappa shape index (κ3) is 3.93. The number of anilines is 1. The van der Waals surface area contributed by atoms with Crippen molar-refractivity contribution in [1.82, 2.24) is 4.98 Å². The number of carbonyl (C=O) groups excluding carboxylic acids is 1. The van der Waals surface area contributed by atoms with Crippen LogP contribution in [-0.4, -0.2) is 10.9 Å². The van der Waals surface area contributed by atoms with E-state index in [1.165, 1.54) is 0 Å². The van der Waals surface area contributed by atoms with Crippen LogP contribution in [0.2, 0.25) is 5.02 Å². The maximum atomic E-state index is 13.1. The molecule has 0 fully saturated rings. The number of aromatic nitrogens is 1. The van der Waals surface area contributed by atoms with Gasteiger partial charge in [-0.15, -0.1) is 6.58 Å². The Balaban J connectivity index is 2.53. The highest BCUT2D eigenvalue weighted by atomic mass is 35.5. The predicted octanol–water partition coefficient (Wildman–Crippen LogP) is 5.46. The number of rotatable bonds is 6. The molecule has 3 nitrogen and oxygen atoms in total. The van der Waals surface area contributed by atoms with Gasteiger partial charge in [-0.05, 0) is 43.4 Å². The molecule has 0 aliphatic heterocycles. The summed E-state index contributed by atoms with van der Waals surface area (Å²) in [5.41, 5.74) is 5.89. The minimum Gasteiger partial charge on any atom is -0.321 e. The Labute approximate surface area is 155 Å². The normalized spacial score (nSPS) is 10.6. The standard InChI is InChI=1S/C21H25ClN2O/c1-6-10-17-18(19(22)13(4)14(5)23-17)21(25)24-20-15(7-2)11-9-12-16(20)8-3/h6,9,11-12H,1,7-8,10H2,2-5H3,(H,24,25). The van der Waals surface area contributed by atoms with Crippen LogP contribution in [0.25, 0.3) is 0 Å². The first kappa shape index (κ1) is 19.2. The minimum atomic E-state index is -0.215. The van der Waals surface area contributed by atoms with Crippen LogP contribution in [0.1, 0.15) is 52.3 Å². The van der Waals surface area contributed by atoms with E-state index < -0.39 is 0 Å². The Bertz CT molecular complexity index is 790. The number of hydrogen-bond acceptors (Lipinski definition) is 2. The minimum absolute atomic E-state index is 0.215. The fourth-order valence-corrected chi connectivity index (χ4v) is 3.24. The van der Waals surface area contributed by atoms with Crippen molar-refractivity contribution in [2.75, 3.05) is 5.32 Å². The lowest BCUT2D eigenvalue weighted by molar-refractivity contribution is 0.102. The molecule has 0 atom stereocenters. The molecular formula is C21H25ClN2O. The topological polar surface area (TPSA) is 42.0 Å². The first-order valence-corrected chi connectivity index (χ1v) is 9.00. The fraction of sp³-hybridized carbons (Fsp3) is 0.333. The number of hydrogen-bond donors (Lipinski definition) is 1. The largest absolute Gasteiger partial charge is 0.321 e. The molecule has 4 heteroatoms. The van der Waals surface area contributed by atoms with Crippen LogP contribution >= 0.6 is 11.6 Å². The summed E-state index contributed by atoms with van der Waals surface area (Å²) >= 11 is 6.51. The lowest BCUT2D eigenvalue weighted by Gasteiger charge is -2.17. The van der Waals surface area contributed by atoms with Crippen LogP contribution in [0.15, 0.2) is 30.9 Å². The number of halogens is 1. The monoisotopic (exact) mass is 356 g/mol. The molecule has 25 heavy (non-hydrogen) atoms. The maximum Gasteiger partial charge on any atom is 0.259 e. The second kappa shape index (κ2) is 8.30. The average molecular weight is 357 g/mol. The van der Waals surface area contributed by atoms with Crippen LogP contribution in [0, 0.1) is 13.8 Å². The number of nitrogens with one attached hydrogen (secondary N) is 1. The van der Waals surface area contributed by atoms with Crippen molar-refractivity contribution in [2.24, 2.45) is 0 Å². The van der Waals surface area contributed by atoms with Crippen molar-refractivity contribution in [3.05, 3.63) is 69.5 Å². The lowest BCUT2D eigenvalue weighted by atomic mass is 10.0. The van der Waals surface area contributed by atoms with Crippen molar-refractivity contribution in [2.45, 2.75) is 47.0 Å². The quantitative estimate of drug-likeness (QED) is 0.698. The molecule has 1 amide bonds. The van der Waals surface area contributed by atoms with Gasteiger partial charge in [0.2, 0.25) is 0 Å². The molecule has 0 spiro atoms. The number of allylic oxidation sites excluding steroid dienone is 1. The number of aryl methyl sites for hydroxylation is 3. The van der Waals surface area contributed by atoms with Gasteiger partial charge in [0.25, 0.3) is 5.91 Å². The fourth-order valence-electron chi connectivity index (χ4n) is 2.91. The van der Waals surface area contributed by atoms with Gasteiger partial charge in [-0.25, -0.2) is 0 Å². The van der Waals surface area contributed by atoms with E-state index in [-0.39, 0.29) is 5.91 Å². The van der Waals surface area contributed by atoms with Crippen molar-refractivity contribution >= 4 is 23.2 Å². The van der Waals surface area contributed by atoms with E-state index in [4.69, 9.17) is 11.6 Å². The first-order chi connectivity index (χ1) is 11.9. The van der Waals surface area contributed by atoms with Gasteiger partial charge in [-0.3, -0.25) is 9.78 Å². The Morgan fingerprint density at radius 2 is 1.84 bits per heavy atom. The number of nitrogens with zero attached hydrogens (tertiary/aromatic N) is 1. The summed E-state index contributed by atoms with van der Waals surface area (Å²) in [5, 5.41) is 3.55. The molecule has 1 aromatic carbocycles. The molecule has 0 radical (unpaired) electrons. The van der Waals surface area contributed by atoms with E-state index in [9.17, 15) is 4.79 Å². The zero-order valence-corrected chi connectivity index (χ0v) is 16.1. The van der Waals surface area contributed by atoms with Crippen LogP contribution in [0.3, 0.4) is 0 Å². The summed E-state index contributed by atoms with van der Waals surface area (Å²) < 4.78 is 0. The molecule has 0 unspecified atom stereocenters. The lowest BCUT2D eigenvalue weighted by Crippen LogP contribution is -2.19. The summed E-state index contributed by atoms with van der Waals surface area (Å²) in [6.45, 7) is 11.7. The third-order valence-corrected chi connectivity index (χ3v) is 4.96. The smallest absolute Gasteiger partial charge is 0.259 e. The van der Waals surface area contributed by atoms with Crippen molar-refractivity contribution in [3.8, 4) is 0 Å². The van der Waals surface area contributed by atoms with Crippen molar-refractivity contribution in [1.29, 1.82) is 0 Å². The van der Waals surface area contributed by atoms with Gasteiger partial charge < -0.3 is 5.32 Å². The molecule has 1 N–H and O–H groups in total. The van der Waals surface area contributed by atoms with Gasteiger partial charge in [0.1, 0.15) is 0 Å². The van der Waals surface area contributed by atoms with Gasteiger partial charge in [0.15, 0.2) is 0 Å². The van der Waals surface area contributed by atoms with Crippen LogP contribution in [0.5, 0.6) is 0 Å². The predicted molar refractivity (Wildman–Crippen MR) is 106 cm³/mol. The number of amides is 1. The molecule has 0 aliphatic rings. The van der Waals surface area contributed by atoms with E-state index in [1.54, 1.807) is 6.08 Å². The van der Waals surface area contributed by atoms with Gasteiger partial charge in [0, 0.05) is 17.8 Å². The molecule has 0 aliphatic carbocycles. The van der Waals surface area contributed by atoms with Crippen LogP contribution in [-0.2, 0) is 19.3 Å². The highest BCUT2D eigenvalue weighted by Gasteiger charge is 2.21. The zero-order valence-electron chi connectivity index (χ0n) is 15.4.